The second-order valence-corrected chi connectivity index (χ2v) is 6.79. The predicted octanol–water partition coefficient (Wildman–Crippen LogP) is 3.12. The summed E-state index contributed by atoms with van der Waals surface area (Å²) >= 11 is 0. The van der Waals surface area contributed by atoms with Crippen molar-refractivity contribution in [3.63, 3.8) is 0 Å². The van der Waals surface area contributed by atoms with Crippen LogP contribution in [0, 0.1) is 23.2 Å². The fraction of sp³-hybridized carbons (Fsp3) is 0.933. The van der Waals surface area contributed by atoms with Crippen molar-refractivity contribution >= 4 is 5.91 Å². The van der Waals surface area contributed by atoms with Crippen molar-refractivity contribution < 1.29 is 4.79 Å². The maximum Gasteiger partial charge on any atom is 0.226 e. The van der Waals surface area contributed by atoms with E-state index in [4.69, 9.17) is 0 Å². The number of nitrogens with one attached hydrogen (secondary N) is 1. The molecule has 4 fully saturated rings. The number of carbonyl (C=O) groups excluding carboxylic acids is 1. The first-order chi connectivity index (χ1) is 8.22. The number of fused-ring (bicyclic) bond motifs is 1. The summed E-state index contributed by atoms with van der Waals surface area (Å²) in [5, 5.41) is 3.18. The second-order valence-electron chi connectivity index (χ2n) is 6.79. The van der Waals surface area contributed by atoms with Crippen molar-refractivity contribution in [1.29, 1.82) is 0 Å². The standard InChI is InChI=1S/C15H25NO/c1-2-5-16-14(17)15-4-3-11-6-12(9-15)8-13(7-11)10-15/h11-13H,2-10H2,1H3,(H,16,17). The zero-order valence-electron chi connectivity index (χ0n) is 11.0. The molecular formula is C15H25NO. The number of carbonyl (C=O) groups is 1. The maximum absolute atomic E-state index is 12.5. The summed E-state index contributed by atoms with van der Waals surface area (Å²) in [6.07, 6.45) is 10.2. The van der Waals surface area contributed by atoms with Crippen molar-refractivity contribution in [2.24, 2.45) is 23.2 Å². The molecule has 0 aromatic carbocycles. The van der Waals surface area contributed by atoms with Crippen molar-refractivity contribution in [3.8, 4) is 0 Å². The first-order valence-corrected chi connectivity index (χ1v) is 7.50. The molecule has 0 aromatic heterocycles. The van der Waals surface area contributed by atoms with Crippen LogP contribution in [0.1, 0.15) is 58.3 Å². The van der Waals surface area contributed by atoms with Crippen LogP contribution < -0.4 is 5.32 Å². The molecule has 2 nitrogen and oxygen atoms in total. The molecule has 0 aromatic rings. The van der Waals surface area contributed by atoms with Gasteiger partial charge in [-0.25, -0.2) is 0 Å². The van der Waals surface area contributed by atoms with E-state index in [1.165, 1.54) is 44.9 Å². The zero-order chi connectivity index (χ0) is 11.9. The van der Waals surface area contributed by atoms with E-state index in [1.54, 1.807) is 0 Å². The lowest BCUT2D eigenvalue weighted by molar-refractivity contribution is -0.135. The van der Waals surface area contributed by atoms with Crippen LogP contribution in [-0.2, 0) is 4.79 Å². The SMILES string of the molecule is CCCNC(=O)C12CCC3CC(CC(C3)C1)C2. The Bertz CT molecular complexity index is 298. The van der Waals surface area contributed by atoms with Crippen molar-refractivity contribution in [2.75, 3.05) is 6.54 Å². The van der Waals surface area contributed by atoms with E-state index in [-0.39, 0.29) is 5.41 Å². The highest BCUT2D eigenvalue weighted by Crippen LogP contribution is 2.57. The fourth-order valence-corrected chi connectivity index (χ4v) is 4.87. The van der Waals surface area contributed by atoms with E-state index < -0.39 is 0 Å². The molecule has 4 saturated carbocycles. The first kappa shape index (κ1) is 11.6. The van der Waals surface area contributed by atoms with Gasteiger partial charge in [-0.15, -0.1) is 0 Å². The number of hydrogen-bond donors (Lipinski definition) is 1. The third kappa shape index (κ3) is 2.00. The summed E-state index contributed by atoms with van der Waals surface area (Å²) in [5.41, 5.74) is 0.0357. The molecule has 2 heteroatoms. The molecule has 0 saturated heterocycles. The Morgan fingerprint density at radius 1 is 1.18 bits per heavy atom. The molecule has 4 aliphatic rings. The molecule has 1 N–H and O–H groups in total. The van der Waals surface area contributed by atoms with Crippen LogP contribution in [0.5, 0.6) is 0 Å². The van der Waals surface area contributed by atoms with Crippen molar-refractivity contribution in [1.82, 2.24) is 5.32 Å². The van der Waals surface area contributed by atoms with Gasteiger partial charge in [-0.1, -0.05) is 6.92 Å². The highest BCUT2D eigenvalue weighted by Gasteiger charge is 2.51. The van der Waals surface area contributed by atoms with E-state index in [0.29, 0.717) is 5.91 Å². The van der Waals surface area contributed by atoms with Gasteiger partial charge in [0.05, 0.1) is 0 Å². The van der Waals surface area contributed by atoms with Gasteiger partial charge in [0.1, 0.15) is 0 Å². The van der Waals surface area contributed by atoms with Crippen LogP contribution >= 0.6 is 0 Å². The summed E-state index contributed by atoms with van der Waals surface area (Å²) in [7, 11) is 0. The molecule has 96 valence electrons. The van der Waals surface area contributed by atoms with Crippen molar-refractivity contribution in [2.45, 2.75) is 58.3 Å². The Balaban J connectivity index is 1.78. The summed E-state index contributed by atoms with van der Waals surface area (Å²) < 4.78 is 0. The van der Waals surface area contributed by atoms with Gasteiger partial charge in [0, 0.05) is 12.0 Å². The zero-order valence-corrected chi connectivity index (χ0v) is 11.0. The topological polar surface area (TPSA) is 29.1 Å². The quantitative estimate of drug-likeness (QED) is 0.800. The van der Waals surface area contributed by atoms with E-state index >= 15 is 0 Å². The minimum Gasteiger partial charge on any atom is -0.356 e. The molecule has 0 spiro atoms. The van der Waals surface area contributed by atoms with Gasteiger partial charge in [-0.05, 0) is 69.1 Å². The fourth-order valence-electron chi connectivity index (χ4n) is 4.87. The van der Waals surface area contributed by atoms with Gasteiger partial charge in [-0.3, -0.25) is 4.79 Å². The summed E-state index contributed by atoms with van der Waals surface area (Å²) in [4.78, 5) is 12.5. The molecule has 4 bridgehead atoms. The van der Waals surface area contributed by atoms with E-state index in [2.05, 4.69) is 12.2 Å². The average molecular weight is 235 g/mol. The Hall–Kier alpha value is -0.530. The molecule has 0 aliphatic heterocycles. The molecular weight excluding hydrogens is 210 g/mol. The minimum absolute atomic E-state index is 0.0357. The largest absolute Gasteiger partial charge is 0.356 e. The van der Waals surface area contributed by atoms with E-state index in [9.17, 15) is 4.79 Å². The lowest BCUT2D eigenvalue weighted by Gasteiger charge is -2.44. The van der Waals surface area contributed by atoms with Gasteiger partial charge in [0.15, 0.2) is 0 Å². The Labute approximate surface area is 105 Å². The molecule has 1 amide bonds. The van der Waals surface area contributed by atoms with E-state index in [1.807, 2.05) is 0 Å². The first-order valence-electron chi connectivity index (χ1n) is 7.50. The number of amides is 1. The highest BCUT2D eigenvalue weighted by molar-refractivity contribution is 5.82. The van der Waals surface area contributed by atoms with Crippen LogP contribution in [0.15, 0.2) is 0 Å². The smallest absolute Gasteiger partial charge is 0.226 e. The van der Waals surface area contributed by atoms with Gasteiger partial charge in [0.2, 0.25) is 5.91 Å². The average Bonchev–Trinajstić information content (AvgIpc) is 2.52. The third-order valence-electron chi connectivity index (χ3n) is 5.41. The van der Waals surface area contributed by atoms with Crippen LogP contribution in [0.3, 0.4) is 0 Å². The predicted molar refractivity (Wildman–Crippen MR) is 68.5 cm³/mol. The lowest BCUT2D eigenvalue weighted by atomic mass is 9.61. The number of hydrogen-bond acceptors (Lipinski definition) is 1. The van der Waals surface area contributed by atoms with Gasteiger partial charge < -0.3 is 5.32 Å². The highest BCUT2D eigenvalue weighted by atomic mass is 16.2. The molecule has 4 aliphatic carbocycles. The van der Waals surface area contributed by atoms with Crippen LogP contribution in [0.4, 0.5) is 0 Å². The monoisotopic (exact) mass is 235 g/mol. The lowest BCUT2D eigenvalue weighted by Crippen LogP contribution is -2.46. The van der Waals surface area contributed by atoms with Gasteiger partial charge in [0.25, 0.3) is 0 Å². The van der Waals surface area contributed by atoms with Gasteiger partial charge in [-0.2, -0.15) is 0 Å². The Morgan fingerprint density at radius 2 is 1.82 bits per heavy atom. The normalized spacial score (nSPS) is 43.5. The third-order valence-corrected chi connectivity index (χ3v) is 5.41. The molecule has 0 radical (unpaired) electrons. The summed E-state index contributed by atoms with van der Waals surface area (Å²) in [6, 6.07) is 0. The van der Waals surface area contributed by atoms with Gasteiger partial charge >= 0.3 is 0 Å². The minimum atomic E-state index is 0.0357. The van der Waals surface area contributed by atoms with Crippen LogP contribution in [-0.4, -0.2) is 12.5 Å². The van der Waals surface area contributed by atoms with Crippen molar-refractivity contribution in [3.05, 3.63) is 0 Å². The maximum atomic E-state index is 12.5. The molecule has 0 heterocycles. The van der Waals surface area contributed by atoms with E-state index in [0.717, 1.165) is 30.7 Å². The Kier molecular flexibility index (Phi) is 2.92. The summed E-state index contributed by atoms with van der Waals surface area (Å²) in [6.45, 7) is 2.99. The number of rotatable bonds is 3. The molecule has 2 atom stereocenters. The van der Waals surface area contributed by atoms with Crippen LogP contribution in [0.2, 0.25) is 0 Å². The molecule has 17 heavy (non-hydrogen) atoms. The Morgan fingerprint density at radius 3 is 2.47 bits per heavy atom. The molecule has 4 rings (SSSR count). The second kappa shape index (κ2) is 4.29. The van der Waals surface area contributed by atoms with Crippen LogP contribution in [0.25, 0.3) is 0 Å². The summed E-state index contributed by atoms with van der Waals surface area (Å²) in [5.74, 6) is 3.06. The molecule has 2 unspecified atom stereocenters.